The Morgan fingerprint density at radius 1 is 1.30 bits per heavy atom. The van der Waals surface area contributed by atoms with Crippen LogP contribution >= 0.6 is 0 Å². The molecule has 4 nitrogen and oxygen atoms in total. The molecule has 1 aliphatic rings. The molecule has 2 rings (SSSR count). The van der Waals surface area contributed by atoms with Gasteiger partial charge in [0.25, 0.3) is 0 Å². The van der Waals surface area contributed by atoms with Crippen molar-refractivity contribution in [3.63, 3.8) is 0 Å². The smallest absolute Gasteiger partial charge is 0.237 e. The molecule has 2 N–H and O–H groups in total. The lowest BCUT2D eigenvalue weighted by molar-refractivity contribution is -0.123. The van der Waals surface area contributed by atoms with E-state index in [2.05, 4.69) is 41.8 Å². The highest BCUT2D eigenvalue weighted by Crippen LogP contribution is 2.11. The lowest BCUT2D eigenvalue weighted by atomic mass is 10.0. The molecule has 1 aromatic rings. The van der Waals surface area contributed by atoms with Gasteiger partial charge in [0.05, 0.1) is 6.04 Å². The van der Waals surface area contributed by atoms with E-state index in [1.165, 1.54) is 17.5 Å². The van der Waals surface area contributed by atoms with Gasteiger partial charge in [0.2, 0.25) is 5.91 Å². The predicted molar refractivity (Wildman–Crippen MR) is 81.3 cm³/mol. The van der Waals surface area contributed by atoms with Gasteiger partial charge in [-0.15, -0.1) is 0 Å². The van der Waals surface area contributed by atoms with Crippen molar-refractivity contribution in [1.82, 2.24) is 15.5 Å². The molecule has 0 unspecified atom stereocenters. The maximum absolute atomic E-state index is 12.1. The number of amides is 1. The number of benzene rings is 1. The molecule has 20 heavy (non-hydrogen) atoms. The van der Waals surface area contributed by atoms with Crippen molar-refractivity contribution >= 4 is 5.91 Å². The third kappa shape index (κ3) is 4.32. The number of piperidine rings is 1. The molecule has 1 atom stereocenters. The molecule has 0 saturated carbocycles. The number of hydrogen-bond acceptors (Lipinski definition) is 3. The number of nitrogens with zero attached hydrogens (tertiary/aromatic N) is 1. The Balaban J connectivity index is 1.91. The highest BCUT2D eigenvalue weighted by Gasteiger charge is 2.20. The minimum Gasteiger partial charge on any atom is -0.351 e. The Morgan fingerprint density at radius 2 is 2.05 bits per heavy atom. The molecule has 1 aromatic carbocycles. The van der Waals surface area contributed by atoms with Crippen molar-refractivity contribution in [2.75, 3.05) is 20.6 Å². The number of hydrogen-bond donors (Lipinski definition) is 2. The number of rotatable bonds is 5. The molecule has 110 valence electrons. The first-order valence-electron chi connectivity index (χ1n) is 7.39. The fourth-order valence-corrected chi connectivity index (χ4v) is 2.61. The summed E-state index contributed by atoms with van der Waals surface area (Å²) in [5, 5.41) is 6.34. The summed E-state index contributed by atoms with van der Waals surface area (Å²) in [5.74, 6) is 0.129. The van der Waals surface area contributed by atoms with Crippen LogP contribution in [0.25, 0.3) is 0 Å². The fraction of sp³-hybridized carbons (Fsp3) is 0.562. The molecule has 1 aliphatic heterocycles. The van der Waals surface area contributed by atoms with Gasteiger partial charge in [0, 0.05) is 13.1 Å². The van der Waals surface area contributed by atoms with Crippen LogP contribution in [0.15, 0.2) is 24.3 Å². The molecule has 1 amide bonds. The highest BCUT2D eigenvalue weighted by molar-refractivity contribution is 5.81. The molecule has 1 fully saturated rings. The van der Waals surface area contributed by atoms with E-state index in [-0.39, 0.29) is 11.9 Å². The molecule has 1 heterocycles. The van der Waals surface area contributed by atoms with Gasteiger partial charge in [-0.2, -0.15) is 0 Å². The molecule has 0 spiro atoms. The predicted octanol–water partition coefficient (Wildman–Crippen LogP) is 1.51. The van der Waals surface area contributed by atoms with Gasteiger partial charge in [0.15, 0.2) is 0 Å². The van der Waals surface area contributed by atoms with E-state index in [0.717, 1.165) is 25.9 Å². The van der Waals surface area contributed by atoms with Crippen molar-refractivity contribution in [2.24, 2.45) is 0 Å². The molecule has 0 aromatic heterocycles. The van der Waals surface area contributed by atoms with Gasteiger partial charge in [-0.1, -0.05) is 30.7 Å². The first kappa shape index (κ1) is 15.0. The fourth-order valence-electron chi connectivity index (χ4n) is 2.61. The number of nitrogens with one attached hydrogen (secondary N) is 2. The largest absolute Gasteiger partial charge is 0.351 e. The van der Waals surface area contributed by atoms with Gasteiger partial charge >= 0.3 is 0 Å². The summed E-state index contributed by atoms with van der Waals surface area (Å²) in [4.78, 5) is 14.3. The Bertz CT molecular complexity index is 439. The standard InChI is InChI=1S/C16H25N3O/c1-19(2)12-14-8-4-3-7-13(14)11-18-16(20)15-9-5-6-10-17-15/h3-4,7-8,15,17H,5-6,9-12H2,1-2H3,(H,18,20)/t15-/m1/s1. The van der Waals surface area contributed by atoms with Crippen LogP contribution in [0.3, 0.4) is 0 Å². The Labute approximate surface area is 121 Å². The van der Waals surface area contributed by atoms with E-state index in [4.69, 9.17) is 0 Å². The highest BCUT2D eigenvalue weighted by atomic mass is 16.2. The Kier molecular flexibility index (Phi) is 5.56. The maximum atomic E-state index is 12.1. The van der Waals surface area contributed by atoms with Crippen LogP contribution in [-0.2, 0) is 17.9 Å². The van der Waals surface area contributed by atoms with E-state index in [0.29, 0.717) is 6.54 Å². The summed E-state index contributed by atoms with van der Waals surface area (Å²) < 4.78 is 0. The van der Waals surface area contributed by atoms with Crippen LogP contribution in [0.2, 0.25) is 0 Å². The van der Waals surface area contributed by atoms with E-state index < -0.39 is 0 Å². The summed E-state index contributed by atoms with van der Waals surface area (Å²) in [5.41, 5.74) is 2.47. The Morgan fingerprint density at radius 3 is 2.70 bits per heavy atom. The van der Waals surface area contributed by atoms with E-state index in [1.54, 1.807) is 0 Å². The van der Waals surface area contributed by atoms with Gasteiger partial charge in [-0.3, -0.25) is 4.79 Å². The molecule has 1 saturated heterocycles. The third-order valence-corrected chi connectivity index (χ3v) is 3.68. The van der Waals surface area contributed by atoms with Crippen LogP contribution in [0, 0.1) is 0 Å². The van der Waals surface area contributed by atoms with Gasteiger partial charge < -0.3 is 15.5 Å². The molecular formula is C16H25N3O. The van der Waals surface area contributed by atoms with E-state index >= 15 is 0 Å². The molecule has 0 aliphatic carbocycles. The minimum atomic E-state index is -0.00948. The second-order valence-electron chi connectivity index (χ2n) is 5.73. The average Bonchev–Trinajstić information content (AvgIpc) is 2.46. The topological polar surface area (TPSA) is 44.4 Å². The van der Waals surface area contributed by atoms with Crippen molar-refractivity contribution in [3.05, 3.63) is 35.4 Å². The Hall–Kier alpha value is -1.39. The molecule has 4 heteroatoms. The maximum Gasteiger partial charge on any atom is 0.237 e. The number of carbonyl (C=O) groups is 1. The first-order chi connectivity index (χ1) is 9.66. The lowest BCUT2D eigenvalue weighted by Crippen LogP contribution is -2.46. The zero-order chi connectivity index (χ0) is 14.4. The van der Waals surface area contributed by atoms with E-state index in [9.17, 15) is 4.79 Å². The number of carbonyl (C=O) groups excluding carboxylic acids is 1. The van der Waals surface area contributed by atoms with Crippen LogP contribution in [0.4, 0.5) is 0 Å². The summed E-state index contributed by atoms with van der Waals surface area (Å²) in [6.45, 7) is 2.46. The van der Waals surface area contributed by atoms with Gasteiger partial charge in [-0.25, -0.2) is 0 Å². The molecule has 0 bridgehead atoms. The second-order valence-corrected chi connectivity index (χ2v) is 5.73. The first-order valence-corrected chi connectivity index (χ1v) is 7.39. The second kappa shape index (κ2) is 7.41. The van der Waals surface area contributed by atoms with Crippen LogP contribution < -0.4 is 10.6 Å². The molecular weight excluding hydrogens is 250 g/mol. The zero-order valence-electron chi connectivity index (χ0n) is 12.5. The monoisotopic (exact) mass is 275 g/mol. The van der Waals surface area contributed by atoms with Crippen LogP contribution in [0.1, 0.15) is 30.4 Å². The summed E-state index contributed by atoms with van der Waals surface area (Å²) >= 11 is 0. The van der Waals surface area contributed by atoms with Crippen LogP contribution in [0.5, 0.6) is 0 Å². The zero-order valence-corrected chi connectivity index (χ0v) is 12.5. The molecule has 0 radical (unpaired) electrons. The SMILES string of the molecule is CN(C)Cc1ccccc1CNC(=O)[C@H]1CCCCN1. The van der Waals surface area contributed by atoms with Crippen molar-refractivity contribution in [2.45, 2.75) is 38.4 Å². The summed E-state index contributed by atoms with van der Waals surface area (Å²) in [7, 11) is 4.11. The van der Waals surface area contributed by atoms with Gasteiger partial charge in [-0.05, 0) is 44.6 Å². The van der Waals surface area contributed by atoms with Gasteiger partial charge in [0.1, 0.15) is 0 Å². The summed E-state index contributed by atoms with van der Waals surface area (Å²) in [6.07, 6.45) is 3.27. The van der Waals surface area contributed by atoms with Crippen molar-refractivity contribution < 1.29 is 4.79 Å². The third-order valence-electron chi connectivity index (χ3n) is 3.68. The average molecular weight is 275 g/mol. The quantitative estimate of drug-likeness (QED) is 0.856. The summed E-state index contributed by atoms with van der Waals surface area (Å²) in [6, 6.07) is 8.28. The van der Waals surface area contributed by atoms with Crippen molar-refractivity contribution in [3.8, 4) is 0 Å². The van der Waals surface area contributed by atoms with Crippen LogP contribution in [-0.4, -0.2) is 37.5 Å². The van der Waals surface area contributed by atoms with E-state index in [1.807, 2.05) is 12.1 Å². The lowest BCUT2D eigenvalue weighted by Gasteiger charge is -2.23. The minimum absolute atomic E-state index is 0.00948. The van der Waals surface area contributed by atoms with Crippen molar-refractivity contribution in [1.29, 1.82) is 0 Å². The normalized spacial score (nSPS) is 19.1.